The van der Waals surface area contributed by atoms with Gasteiger partial charge >= 0.3 is 5.97 Å². The molecule has 1 atom stereocenters. The Kier molecular flexibility index (Phi) is 6.75. The summed E-state index contributed by atoms with van der Waals surface area (Å²) in [7, 11) is 0. The van der Waals surface area contributed by atoms with Crippen LogP contribution in [0, 0.1) is 11.3 Å². The van der Waals surface area contributed by atoms with Crippen LogP contribution in [0.2, 0.25) is 0 Å². The maximum atomic E-state index is 11.8. The van der Waals surface area contributed by atoms with Gasteiger partial charge in [0.25, 0.3) is 5.91 Å². The van der Waals surface area contributed by atoms with Crippen LogP contribution in [0.15, 0.2) is 24.3 Å². The number of hydrogen-bond acceptors (Lipinski definition) is 4. The van der Waals surface area contributed by atoms with Gasteiger partial charge in [0.05, 0.1) is 12.0 Å². The number of carbonyl (C=O) groups excluding carboxylic acids is 1. The van der Waals surface area contributed by atoms with E-state index in [1.807, 2.05) is 13.0 Å². The number of para-hydroxylation sites is 1. The number of ether oxygens (including phenoxy) is 1. The highest BCUT2D eigenvalue weighted by Crippen LogP contribution is 2.16. The molecule has 0 bridgehead atoms. The Morgan fingerprint density at radius 3 is 2.76 bits per heavy atom. The zero-order chi connectivity index (χ0) is 15.7. The quantitative estimate of drug-likeness (QED) is 0.759. The lowest BCUT2D eigenvalue weighted by Gasteiger charge is -2.16. The summed E-state index contributed by atoms with van der Waals surface area (Å²) in [5.74, 6) is -1.02. The molecule has 0 aromatic heterocycles. The van der Waals surface area contributed by atoms with Crippen molar-refractivity contribution in [1.82, 2.24) is 5.32 Å². The van der Waals surface area contributed by atoms with E-state index in [0.29, 0.717) is 17.7 Å². The van der Waals surface area contributed by atoms with E-state index in [1.165, 1.54) is 0 Å². The molecule has 6 nitrogen and oxygen atoms in total. The molecule has 2 N–H and O–H groups in total. The van der Waals surface area contributed by atoms with Gasteiger partial charge in [-0.15, -0.1) is 0 Å². The van der Waals surface area contributed by atoms with Gasteiger partial charge in [0.1, 0.15) is 11.8 Å². The fraction of sp³-hybridized carbons (Fsp3) is 0.400. The van der Waals surface area contributed by atoms with Crippen molar-refractivity contribution in [2.24, 2.45) is 0 Å². The molecular weight excluding hydrogens is 272 g/mol. The van der Waals surface area contributed by atoms with E-state index in [-0.39, 0.29) is 13.0 Å². The summed E-state index contributed by atoms with van der Waals surface area (Å²) in [6.07, 6.45) is 1.25. The Labute approximate surface area is 123 Å². The monoisotopic (exact) mass is 290 g/mol. The average molecular weight is 290 g/mol. The maximum absolute atomic E-state index is 11.8. The Morgan fingerprint density at radius 1 is 1.43 bits per heavy atom. The van der Waals surface area contributed by atoms with Crippen LogP contribution in [0.25, 0.3) is 0 Å². The predicted octanol–water partition coefficient (Wildman–Crippen LogP) is 1.70. The summed E-state index contributed by atoms with van der Waals surface area (Å²) in [6.45, 7) is 1.67. The molecule has 0 saturated heterocycles. The number of carboxylic acids is 1. The number of benzene rings is 1. The number of nitrogens with one attached hydrogen (secondary N) is 1. The number of carbonyl (C=O) groups is 2. The molecule has 1 aromatic rings. The van der Waals surface area contributed by atoms with Crippen LogP contribution in [0.3, 0.4) is 0 Å². The van der Waals surface area contributed by atoms with E-state index in [1.54, 1.807) is 24.3 Å². The summed E-state index contributed by atoms with van der Waals surface area (Å²) in [4.78, 5) is 22.5. The molecule has 0 radical (unpaired) electrons. The number of nitriles is 1. The lowest BCUT2D eigenvalue weighted by molar-refractivity contribution is -0.137. The Bertz CT molecular complexity index is 537. The molecule has 1 amide bonds. The van der Waals surface area contributed by atoms with Crippen molar-refractivity contribution in [2.75, 3.05) is 6.61 Å². The van der Waals surface area contributed by atoms with Crippen molar-refractivity contribution >= 4 is 11.9 Å². The summed E-state index contributed by atoms with van der Waals surface area (Å²) in [6, 6.07) is 8.17. The molecule has 0 fully saturated rings. The number of rotatable bonds is 8. The highest BCUT2D eigenvalue weighted by molar-refractivity contribution is 5.78. The number of carboxylic acid groups (broad SMARTS) is 1. The van der Waals surface area contributed by atoms with Crippen LogP contribution in [-0.4, -0.2) is 29.6 Å². The zero-order valence-corrected chi connectivity index (χ0v) is 11.8. The normalized spacial score (nSPS) is 11.2. The third kappa shape index (κ3) is 5.95. The topological polar surface area (TPSA) is 99.4 Å². The predicted molar refractivity (Wildman–Crippen MR) is 75.7 cm³/mol. The van der Waals surface area contributed by atoms with Crippen LogP contribution in [0.4, 0.5) is 0 Å². The molecule has 0 heterocycles. The van der Waals surface area contributed by atoms with E-state index in [0.717, 1.165) is 6.42 Å². The van der Waals surface area contributed by atoms with Gasteiger partial charge < -0.3 is 15.2 Å². The van der Waals surface area contributed by atoms with Crippen LogP contribution in [0.1, 0.15) is 31.7 Å². The van der Waals surface area contributed by atoms with Gasteiger partial charge in [0.15, 0.2) is 6.61 Å². The van der Waals surface area contributed by atoms with Crippen molar-refractivity contribution in [3.63, 3.8) is 0 Å². The lowest BCUT2D eigenvalue weighted by atomic mass is 10.1. The van der Waals surface area contributed by atoms with Crippen molar-refractivity contribution in [2.45, 2.75) is 32.2 Å². The van der Waals surface area contributed by atoms with Gasteiger partial charge in [-0.1, -0.05) is 25.5 Å². The molecule has 0 saturated carbocycles. The summed E-state index contributed by atoms with van der Waals surface area (Å²) in [5.41, 5.74) is 0.348. The number of amides is 1. The van der Waals surface area contributed by atoms with E-state index in [2.05, 4.69) is 5.32 Å². The summed E-state index contributed by atoms with van der Waals surface area (Å²) in [5, 5.41) is 20.3. The third-order valence-corrected chi connectivity index (χ3v) is 2.79. The molecule has 1 rings (SSSR count). The van der Waals surface area contributed by atoms with Crippen molar-refractivity contribution in [3.05, 3.63) is 29.8 Å². The molecule has 0 aliphatic heterocycles. The molecule has 21 heavy (non-hydrogen) atoms. The second-order valence-corrected chi connectivity index (χ2v) is 4.55. The summed E-state index contributed by atoms with van der Waals surface area (Å²) < 4.78 is 5.29. The minimum absolute atomic E-state index is 0.117. The standard InChI is InChI=1S/C15H18N2O4/c1-2-5-12(8-15(19)20)17-14(18)10-21-13-7-4-3-6-11(13)9-16/h3-4,6-7,12H,2,5,8,10H2,1H3,(H,17,18)(H,19,20). The molecular formula is C15H18N2O4. The third-order valence-electron chi connectivity index (χ3n) is 2.79. The highest BCUT2D eigenvalue weighted by atomic mass is 16.5. The number of hydrogen-bond donors (Lipinski definition) is 2. The van der Waals surface area contributed by atoms with Crippen molar-refractivity contribution in [3.8, 4) is 11.8 Å². The van der Waals surface area contributed by atoms with Gasteiger partial charge in [-0.3, -0.25) is 9.59 Å². The molecule has 6 heteroatoms. The first-order valence-corrected chi connectivity index (χ1v) is 6.69. The Morgan fingerprint density at radius 2 is 2.14 bits per heavy atom. The molecule has 0 aliphatic carbocycles. The Balaban J connectivity index is 2.53. The van der Waals surface area contributed by atoms with Gasteiger partial charge in [0.2, 0.25) is 0 Å². The van der Waals surface area contributed by atoms with Gasteiger partial charge in [-0.25, -0.2) is 0 Å². The van der Waals surface area contributed by atoms with E-state index in [9.17, 15) is 9.59 Å². The Hall–Kier alpha value is -2.55. The lowest BCUT2D eigenvalue weighted by Crippen LogP contribution is -2.39. The second-order valence-electron chi connectivity index (χ2n) is 4.55. The largest absolute Gasteiger partial charge is 0.482 e. The number of nitrogens with zero attached hydrogens (tertiary/aromatic N) is 1. The number of aliphatic carboxylic acids is 1. The first kappa shape index (κ1) is 16.5. The highest BCUT2D eigenvalue weighted by Gasteiger charge is 2.15. The zero-order valence-electron chi connectivity index (χ0n) is 11.8. The van der Waals surface area contributed by atoms with Crippen molar-refractivity contribution in [1.29, 1.82) is 5.26 Å². The molecule has 112 valence electrons. The van der Waals surface area contributed by atoms with Gasteiger partial charge in [-0.2, -0.15) is 5.26 Å². The van der Waals surface area contributed by atoms with E-state index >= 15 is 0 Å². The molecule has 0 spiro atoms. The fourth-order valence-electron chi connectivity index (χ4n) is 1.88. The van der Waals surface area contributed by atoms with Gasteiger partial charge in [0, 0.05) is 6.04 Å². The SMILES string of the molecule is CCCC(CC(=O)O)NC(=O)COc1ccccc1C#N. The smallest absolute Gasteiger partial charge is 0.305 e. The molecule has 1 unspecified atom stereocenters. The van der Waals surface area contributed by atoms with Gasteiger partial charge in [-0.05, 0) is 18.6 Å². The van der Waals surface area contributed by atoms with Crippen LogP contribution in [-0.2, 0) is 9.59 Å². The van der Waals surface area contributed by atoms with E-state index in [4.69, 9.17) is 15.1 Å². The van der Waals surface area contributed by atoms with Crippen LogP contribution >= 0.6 is 0 Å². The minimum atomic E-state index is -0.954. The van der Waals surface area contributed by atoms with E-state index < -0.39 is 17.9 Å². The molecule has 0 aliphatic rings. The van der Waals surface area contributed by atoms with Crippen LogP contribution in [0.5, 0.6) is 5.75 Å². The first-order chi connectivity index (χ1) is 10.1. The first-order valence-electron chi connectivity index (χ1n) is 6.69. The summed E-state index contributed by atoms with van der Waals surface area (Å²) >= 11 is 0. The average Bonchev–Trinajstić information content (AvgIpc) is 2.45. The van der Waals surface area contributed by atoms with Crippen LogP contribution < -0.4 is 10.1 Å². The fourth-order valence-corrected chi connectivity index (χ4v) is 1.88. The minimum Gasteiger partial charge on any atom is -0.482 e. The second kappa shape index (κ2) is 8.59. The van der Waals surface area contributed by atoms with Crippen molar-refractivity contribution < 1.29 is 19.4 Å². The molecule has 1 aromatic carbocycles. The maximum Gasteiger partial charge on any atom is 0.305 e.